The molecule has 2 aliphatic rings. The van der Waals surface area contributed by atoms with E-state index in [1.165, 1.54) is 30.3 Å². The summed E-state index contributed by atoms with van der Waals surface area (Å²) in [5.41, 5.74) is 0.504. The molecule has 9 nitrogen and oxygen atoms in total. The van der Waals surface area contributed by atoms with E-state index in [-0.39, 0.29) is 30.5 Å². The highest BCUT2D eigenvalue weighted by molar-refractivity contribution is 7.89. The van der Waals surface area contributed by atoms with Crippen LogP contribution in [0.5, 0.6) is 0 Å². The lowest BCUT2D eigenvalue weighted by molar-refractivity contribution is -0.136. The minimum Gasteiger partial charge on any atom is -0.295 e. The molecule has 0 aromatic heterocycles. The SMILES string of the molecule is O=C1CCC(N2C(=O)c3ccc(C#CCNS(=O)(=O)c4ccccc4F)cc3C2=O)C(=O)N1. The van der Waals surface area contributed by atoms with Crippen LogP contribution in [0.1, 0.15) is 39.1 Å². The van der Waals surface area contributed by atoms with Gasteiger partial charge in [0.1, 0.15) is 16.8 Å². The Morgan fingerprint density at radius 1 is 1.06 bits per heavy atom. The smallest absolute Gasteiger partial charge is 0.262 e. The van der Waals surface area contributed by atoms with Gasteiger partial charge in [-0.25, -0.2) is 12.8 Å². The molecular weight excluding hydrogens is 453 g/mol. The van der Waals surface area contributed by atoms with E-state index < -0.39 is 50.4 Å². The summed E-state index contributed by atoms with van der Waals surface area (Å²) in [4.78, 5) is 49.3. The van der Waals surface area contributed by atoms with Crippen molar-refractivity contribution in [3.63, 3.8) is 0 Å². The number of amides is 4. The van der Waals surface area contributed by atoms with Crippen LogP contribution in [-0.4, -0.2) is 49.5 Å². The Kier molecular flexibility index (Phi) is 5.80. The molecule has 2 heterocycles. The molecule has 4 amide bonds. The largest absolute Gasteiger partial charge is 0.295 e. The quantitative estimate of drug-likeness (QED) is 0.497. The standard InChI is InChI=1S/C22H16FN3O6S/c23-16-5-1-2-6-18(16)33(31,32)24-11-3-4-13-7-8-14-15(12-13)22(30)26(21(14)29)17-9-10-19(27)25-20(17)28/h1-2,5-8,12,17,24H,9-11H2,(H,25,27,28). The van der Waals surface area contributed by atoms with Crippen molar-refractivity contribution in [3.05, 3.63) is 65.0 Å². The number of hydrogen-bond acceptors (Lipinski definition) is 6. The number of halogens is 1. The van der Waals surface area contributed by atoms with Gasteiger partial charge in [0.05, 0.1) is 17.7 Å². The number of carbonyl (C=O) groups excluding carboxylic acids is 4. The second kappa shape index (κ2) is 8.57. The summed E-state index contributed by atoms with van der Waals surface area (Å²) in [6, 6.07) is 8.10. The van der Waals surface area contributed by atoms with Crippen LogP contribution in [0.4, 0.5) is 4.39 Å². The predicted molar refractivity (Wildman–Crippen MR) is 112 cm³/mol. The van der Waals surface area contributed by atoms with E-state index in [2.05, 4.69) is 21.9 Å². The van der Waals surface area contributed by atoms with Crippen molar-refractivity contribution < 1.29 is 32.0 Å². The Labute approximate surface area is 188 Å². The molecule has 0 bridgehead atoms. The number of benzene rings is 2. The maximum absolute atomic E-state index is 13.7. The highest BCUT2D eigenvalue weighted by Crippen LogP contribution is 2.28. The van der Waals surface area contributed by atoms with Gasteiger partial charge >= 0.3 is 0 Å². The first-order valence-corrected chi connectivity index (χ1v) is 11.3. The molecule has 1 saturated heterocycles. The molecule has 2 N–H and O–H groups in total. The van der Waals surface area contributed by atoms with Gasteiger partial charge in [0.2, 0.25) is 21.8 Å². The van der Waals surface area contributed by atoms with Crippen molar-refractivity contribution in [3.8, 4) is 11.8 Å². The van der Waals surface area contributed by atoms with Crippen molar-refractivity contribution >= 4 is 33.7 Å². The maximum Gasteiger partial charge on any atom is 0.262 e. The molecule has 4 rings (SSSR count). The van der Waals surface area contributed by atoms with Gasteiger partial charge in [0, 0.05) is 12.0 Å². The summed E-state index contributed by atoms with van der Waals surface area (Å²) in [6.45, 7) is -0.316. The maximum atomic E-state index is 13.7. The Morgan fingerprint density at radius 3 is 2.52 bits per heavy atom. The van der Waals surface area contributed by atoms with Crippen molar-refractivity contribution in [2.45, 2.75) is 23.8 Å². The monoisotopic (exact) mass is 469 g/mol. The fourth-order valence-corrected chi connectivity index (χ4v) is 4.57. The number of nitrogens with zero attached hydrogens (tertiary/aromatic N) is 1. The minimum atomic E-state index is -4.09. The fraction of sp³-hybridized carbons (Fsp3) is 0.182. The number of sulfonamides is 1. The zero-order valence-corrected chi connectivity index (χ0v) is 17.7. The van der Waals surface area contributed by atoms with E-state index in [1.807, 2.05) is 0 Å². The summed E-state index contributed by atoms with van der Waals surface area (Å²) < 4.78 is 40.2. The molecule has 1 unspecified atom stereocenters. The van der Waals surface area contributed by atoms with Crippen molar-refractivity contribution in [1.29, 1.82) is 0 Å². The van der Waals surface area contributed by atoms with E-state index in [1.54, 1.807) is 0 Å². The number of piperidine rings is 1. The van der Waals surface area contributed by atoms with Gasteiger partial charge in [-0.1, -0.05) is 24.0 Å². The summed E-state index contributed by atoms with van der Waals surface area (Å²) >= 11 is 0. The van der Waals surface area contributed by atoms with Gasteiger partial charge < -0.3 is 0 Å². The second-order valence-electron chi connectivity index (χ2n) is 7.26. The molecule has 0 spiro atoms. The molecule has 2 aliphatic heterocycles. The van der Waals surface area contributed by atoms with Crippen molar-refractivity contribution in [2.24, 2.45) is 0 Å². The topological polar surface area (TPSA) is 130 Å². The summed E-state index contributed by atoms with van der Waals surface area (Å²) in [5.74, 6) is 1.89. The third-order valence-electron chi connectivity index (χ3n) is 5.15. The average molecular weight is 469 g/mol. The number of fused-ring (bicyclic) bond motifs is 1. The number of carbonyl (C=O) groups is 4. The molecule has 168 valence electrons. The van der Waals surface area contributed by atoms with E-state index in [4.69, 9.17) is 0 Å². The van der Waals surface area contributed by atoms with Crippen molar-refractivity contribution in [2.75, 3.05) is 6.54 Å². The zero-order valence-electron chi connectivity index (χ0n) is 16.9. The third-order valence-corrected chi connectivity index (χ3v) is 6.58. The Morgan fingerprint density at radius 2 is 1.79 bits per heavy atom. The van der Waals surface area contributed by atoms with Crippen LogP contribution in [0.25, 0.3) is 0 Å². The molecule has 2 aromatic rings. The lowest BCUT2D eigenvalue weighted by atomic mass is 10.0. The lowest BCUT2D eigenvalue weighted by Crippen LogP contribution is -2.54. The molecule has 33 heavy (non-hydrogen) atoms. The highest BCUT2D eigenvalue weighted by Gasteiger charge is 2.44. The minimum absolute atomic E-state index is 0.0172. The van der Waals surface area contributed by atoms with Crippen molar-refractivity contribution in [1.82, 2.24) is 14.9 Å². The number of imide groups is 2. The van der Waals surface area contributed by atoms with E-state index in [0.717, 1.165) is 17.0 Å². The molecule has 1 atom stereocenters. The Balaban J connectivity index is 1.48. The fourth-order valence-electron chi connectivity index (χ4n) is 3.57. The first-order chi connectivity index (χ1) is 15.7. The van der Waals surface area contributed by atoms with Gasteiger partial charge in [-0.05, 0) is 36.8 Å². The van der Waals surface area contributed by atoms with Crippen LogP contribution < -0.4 is 10.0 Å². The molecule has 11 heteroatoms. The summed E-state index contributed by atoms with van der Waals surface area (Å²) in [7, 11) is -4.09. The number of hydrogen-bond donors (Lipinski definition) is 2. The normalized spacial score (nSPS) is 18.0. The molecular formula is C22H16FN3O6S. The van der Waals surface area contributed by atoms with Crippen LogP contribution in [0.2, 0.25) is 0 Å². The van der Waals surface area contributed by atoms with Gasteiger partial charge in [-0.3, -0.25) is 29.4 Å². The molecule has 1 fully saturated rings. The first-order valence-electron chi connectivity index (χ1n) is 9.78. The second-order valence-corrected chi connectivity index (χ2v) is 9.00. The van der Waals surface area contributed by atoms with E-state index in [9.17, 15) is 32.0 Å². The van der Waals surface area contributed by atoms with Crippen LogP contribution in [0.3, 0.4) is 0 Å². The highest BCUT2D eigenvalue weighted by atomic mass is 32.2. The molecule has 0 aliphatic carbocycles. The van der Waals surface area contributed by atoms with E-state index >= 15 is 0 Å². The molecule has 0 radical (unpaired) electrons. The lowest BCUT2D eigenvalue weighted by Gasteiger charge is -2.27. The predicted octanol–water partition coefficient (Wildman–Crippen LogP) is 0.557. The average Bonchev–Trinajstić information content (AvgIpc) is 3.01. The summed E-state index contributed by atoms with van der Waals surface area (Å²) in [5, 5.41) is 2.12. The number of nitrogens with one attached hydrogen (secondary N) is 2. The van der Waals surface area contributed by atoms with Crippen LogP contribution in [0.15, 0.2) is 47.4 Å². The first kappa shape index (κ1) is 22.3. The molecule has 0 saturated carbocycles. The van der Waals surface area contributed by atoms with Gasteiger partial charge in [-0.15, -0.1) is 0 Å². The van der Waals surface area contributed by atoms with Crippen LogP contribution in [-0.2, 0) is 19.6 Å². The molecule has 2 aromatic carbocycles. The third kappa shape index (κ3) is 4.26. The van der Waals surface area contributed by atoms with Gasteiger partial charge in [0.25, 0.3) is 11.8 Å². The Hall–Kier alpha value is -3.88. The summed E-state index contributed by atoms with van der Waals surface area (Å²) in [6.07, 6.45) is 0.0638. The van der Waals surface area contributed by atoms with E-state index in [0.29, 0.717) is 5.56 Å². The Bertz CT molecular complexity index is 1380. The van der Waals surface area contributed by atoms with Crippen LogP contribution >= 0.6 is 0 Å². The van der Waals surface area contributed by atoms with Gasteiger partial charge in [0.15, 0.2) is 0 Å². The van der Waals surface area contributed by atoms with Crippen LogP contribution in [0, 0.1) is 17.7 Å². The number of rotatable bonds is 4. The van der Waals surface area contributed by atoms with Gasteiger partial charge in [-0.2, -0.15) is 4.72 Å². The zero-order chi connectivity index (χ0) is 23.8.